The van der Waals surface area contributed by atoms with Gasteiger partial charge < -0.3 is 18.9 Å². The smallest absolute Gasteiger partial charge is 0.333 e. The van der Waals surface area contributed by atoms with E-state index in [9.17, 15) is 22.8 Å². The van der Waals surface area contributed by atoms with Crippen molar-refractivity contribution < 1.29 is 32.2 Å². The summed E-state index contributed by atoms with van der Waals surface area (Å²) in [6.07, 6.45) is 6.79. The highest BCUT2D eigenvalue weighted by Crippen LogP contribution is 2.46. The van der Waals surface area contributed by atoms with E-state index < -0.39 is 43.6 Å². The third-order valence-corrected chi connectivity index (χ3v) is 14.4. The highest BCUT2D eigenvalue weighted by molar-refractivity contribution is 7.91. The molecule has 3 aromatic heterocycles. The average Bonchev–Trinajstić information content (AvgIpc) is 3.92. The van der Waals surface area contributed by atoms with Gasteiger partial charge >= 0.3 is 5.69 Å². The van der Waals surface area contributed by atoms with E-state index in [-0.39, 0.29) is 43.1 Å². The van der Waals surface area contributed by atoms with Crippen molar-refractivity contribution in [2.45, 2.75) is 106 Å². The van der Waals surface area contributed by atoms with Crippen molar-refractivity contribution in [2.24, 2.45) is 0 Å². The fourth-order valence-electron chi connectivity index (χ4n) is 7.49. The SMILES string of the molecule is COCCOc1ccccc1[C@H](Cn1c(=O)n(C2(C(=O)NS(=O)(=O)C3(C)CC3)CC2)c(=O)c2c(C)c(-n3nccn3)sc21)O[C@H]1C[C@H]2CC[C@@H](C1)O2. The number of fused-ring (bicyclic) bond motifs is 3. The lowest BCUT2D eigenvalue weighted by Crippen LogP contribution is -2.53. The number of carbonyl (C=O) groups excluding carboxylic acids is 1. The molecule has 4 aliphatic rings. The Kier molecular flexibility index (Phi) is 8.92. The second kappa shape index (κ2) is 13.2. The number of nitrogens with one attached hydrogen (secondary N) is 1. The number of benzene rings is 1. The molecule has 2 bridgehead atoms. The molecule has 4 aromatic rings. The number of para-hydroxylation sites is 1. The van der Waals surface area contributed by atoms with E-state index in [4.69, 9.17) is 18.9 Å². The summed E-state index contributed by atoms with van der Waals surface area (Å²) >= 11 is 1.19. The van der Waals surface area contributed by atoms with Crippen molar-refractivity contribution in [1.82, 2.24) is 28.9 Å². The van der Waals surface area contributed by atoms with Crippen LogP contribution in [0.4, 0.5) is 0 Å². The lowest BCUT2D eigenvalue weighted by atomic mass is 10.0. The van der Waals surface area contributed by atoms with Gasteiger partial charge in [-0.2, -0.15) is 10.2 Å². The fourth-order valence-corrected chi connectivity index (χ4v) is 10.0. The molecular formula is C35H42N6O9S2. The Bertz CT molecular complexity index is 2230. The first-order chi connectivity index (χ1) is 24.9. The van der Waals surface area contributed by atoms with Gasteiger partial charge in [-0.25, -0.2) is 17.8 Å². The molecule has 17 heteroatoms. The number of amides is 1. The number of aryl methyl sites for hydroxylation is 1. The monoisotopic (exact) mass is 754 g/mol. The maximum atomic E-state index is 14.9. The maximum absolute atomic E-state index is 14.9. The predicted octanol–water partition coefficient (Wildman–Crippen LogP) is 3.09. The lowest BCUT2D eigenvalue weighted by Gasteiger charge is -2.32. The van der Waals surface area contributed by atoms with E-state index in [1.807, 2.05) is 24.3 Å². The van der Waals surface area contributed by atoms with E-state index in [1.165, 1.54) is 33.1 Å². The molecule has 4 atom stereocenters. The zero-order valence-electron chi connectivity index (χ0n) is 29.3. The number of hydrogen-bond acceptors (Lipinski definition) is 12. The minimum atomic E-state index is -4.03. The molecule has 2 saturated heterocycles. The molecule has 0 spiro atoms. The number of rotatable bonds is 14. The molecule has 278 valence electrons. The summed E-state index contributed by atoms with van der Waals surface area (Å²) in [4.78, 5) is 45.1. The van der Waals surface area contributed by atoms with Gasteiger partial charge in [0.2, 0.25) is 10.0 Å². The van der Waals surface area contributed by atoms with Crippen LogP contribution in [0.3, 0.4) is 0 Å². The van der Waals surface area contributed by atoms with Crippen LogP contribution in [0.1, 0.15) is 75.5 Å². The molecule has 15 nitrogen and oxygen atoms in total. The summed E-state index contributed by atoms with van der Waals surface area (Å²) in [7, 11) is -2.44. The van der Waals surface area contributed by atoms with Gasteiger partial charge in [0.25, 0.3) is 11.5 Å². The van der Waals surface area contributed by atoms with Crippen LogP contribution in [-0.2, 0) is 41.1 Å². The van der Waals surface area contributed by atoms with Gasteiger partial charge in [0, 0.05) is 18.2 Å². The van der Waals surface area contributed by atoms with Crippen molar-refractivity contribution in [3.05, 3.63) is 68.6 Å². The van der Waals surface area contributed by atoms with Crippen LogP contribution in [0.25, 0.3) is 15.2 Å². The molecule has 2 aliphatic heterocycles. The van der Waals surface area contributed by atoms with Gasteiger partial charge in [0.1, 0.15) is 33.8 Å². The van der Waals surface area contributed by atoms with Crippen LogP contribution in [0.5, 0.6) is 5.75 Å². The molecular weight excluding hydrogens is 713 g/mol. The Hall–Kier alpha value is -3.90. The summed E-state index contributed by atoms with van der Waals surface area (Å²) in [5.74, 6) is -0.312. The first kappa shape index (κ1) is 35.1. The van der Waals surface area contributed by atoms with Gasteiger partial charge in [-0.15, -0.1) is 4.80 Å². The van der Waals surface area contributed by atoms with Gasteiger partial charge in [0.15, 0.2) is 0 Å². The Morgan fingerprint density at radius 1 is 1.08 bits per heavy atom. The molecule has 1 N–H and O–H groups in total. The zero-order chi connectivity index (χ0) is 36.4. The molecule has 1 aromatic carbocycles. The molecule has 1 amide bonds. The van der Waals surface area contributed by atoms with Crippen molar-refractivity contribution in [3.8, 4) is 10.8 Å². The summed E-state index contributed by atoms with van der Waals surface area (Å²) in [6, 6.07) is 7.48. The standard InChI is InChI=1S/C35H42N6O9S2/c1-21-28-29(42)40(35(12-13-35)32(43)38-52(45,46)34(2)10-11-34)33(44)39(31(28)51-30(21)41-36-14-15-37-41)20-27(50-24-18-22-8-9-23(19-24)49-22)25-6-4-5-7-26(25)48-17-16-47-3/h4-7,14-15,22-24,27H,8-13,16-20H2,1-3H3,(H,38,43)/t22-,23+,24+,27-/m0/s1. The van der Waals surface area contributed by atoms with Crippen molar-refractivity contribution in [2.75, 3.05) is 20.3 Å². The third kappa shape index (κ3) is 6.09. The van der Waals surface area contributed by atoms with Crippen LogP contribution in [-0.4, -0.2) is 81.8 Å². The largest absolute Gasteiger partial charge is 0.491 e. The number of carbonyl (C=O) groups is 1. The average molecular weight is 755 g/mol. The maximum Gasteiger partial charge on any atom is 0.333 e. The van der Waals surface area contributed by atoms with E-state index in [0.717, 1.165) is 17.4 Å². The molecule has 8 rings (SSSR count). The van der Waals surface area contributed by atoms with Crippen LogP contribution < -0.4 is 20.7 Å². The zero-order valence-corrected chi connectivity index (χ0v) is 30.9. The van der Waals surface area contributed by atoms with Crippen molar-refractivity contribution in [3.63, 3.8) is 0 Å². The number of nitrogens with zero attached hydrogens (tertiary/aromatic N) is 5. The molecule has 0 unspecified atom stereocenters. The van der Waals surface area contributed by atoms with E-state index in [2.05, 4.69) is 14.9 Å². The lowest BCUT2D eigenvalue weighted by molar-refractivity contribution is -0.124. The number of hydrogen-bond donors (Lipinski definition) is 1. The van der Waals surface area contributed by atoms with Crippen LogP contribution in [0, 0.1) is 6.92 Å². The third-order valence-electron chi connectivity index (χ3n) is 11.0. The minimum Gasteiger partial charge on any atom is -0.491 e. The van der Waals surface area contributed by atoms with Crippen molar-refractivity contribution >= 4 is 37.5 Å². The fraction of sp³-hybridized carbons (Fsp3) is 0.571. The van der Waals surface area contributed by atoms with Gasteiger partial charge in [-0.1, -0.05) is 29.5 Å². The molecule has 0 radical (unpaired) electrons. The Labute approximate surface area is 303 Å². The summed E-state index contributed by atoms with van der Waals surface area (Å²) in [5.41, 5.74) is -1.84. The van der Waals surface area contributed by atoms with Gasteiger partial charge in [-0.3, -0.25) is 18.9 Å². The van der Waals surface area contributed by atoms with Crippen molar-refractivity contribution in [1.29, 1.82) is 0 Å². The first-order valence-electron chi connectivity index (χ1n) is 17.7. The van der Waals surface area contributed by atoms with E-state index in [0.29, 0.717) is 65.6 Å². The Morgan fingerprint density at radius 3 is 2.42 bits per heavy atom. The number of sulfonamides is 1. The summed E-state index contributed by atoms with van der Waals surface area (Å²) in [6.45, 7) is 3.95. The predicted molar refractivity (Wildman–Crippen MR) is 190 cm³/mol. The second-order valence-corrected chi connectivity index (χ2v) is 17.7. The summed E-state index contributed by atoms with van der Waals surface area (Å²) in [5, 5.41) is 9.32. The molecule has 52 heavy (non-hydrogen) atoms. The van der Waals surface area contributed by atoms with Gasteiger partial charge in [-0.05, 0) is 71.3 Å². The highest BCUT2D eigenvalue weighted by Gasteiger charge is 2.58. The topological polar surface area (TPSA) is 175 Å². The Balaban J connectivity index is 1.27. The highest BCUT2D eigenvalue weighted by atomic mass is 32.2. The summed E-state index contributed by atoms with van der Waals surface area (Å²) < 4.78 is 54.4. The number of thiophene rings is 1. The second-order valence-electron chi connectivity index (χ2n) is 14.5. The van der Waals surface area contributed by atoms with Crippen LogP contribution >= 0.6 is 11.3 Å². The molecule has 2 aliphatic carbocycles. The molecule has 5 heterocycles. The van der Waals surface area contributed by atoms with Crippen LogP contribution in [0.2, 0.25) is 0 Å². The Morgan fingerprint density at radius 2 is 1.77 bits per heavy atom. The normalized spacial score (nSPS) is 23.4. The number of aromatic nitrogens is 5. The molecule has 2 saturated carbocycles. The van der Waals surface area contributed by atoms with Gasteiger partial charge in [0.05, 0.1) is 54.0 Å². The van der Waals surface area contributed by atoms with E-state index in [1.54, 1.807) is 21.0 Å². The quantitative estimate of drug-likeness (QED) is 0.187. The minimum absolute atomic E-state index is 0.0348. The first-order valence-corrected chi connectivity index (χ1v) is 20.0. The molecule has 4 fully saturated rings. The number of ether oxygens (including phenoxy) is 4. The van der Waals surface area contributed by atoms with Crippen LogP contribution in [0.15, 0.2) is 46.2 Å². The van der Waals surface area contributed by atoms with E-state index >= 15 is 0 Å². The number of methoxy groups -OCH3 is 1.